The van der Waals surface area contributed by atoms with E-state index in [1.54, 1.807) is 69.3 Å². The first kappa shape index (κ1) is 19.8. The molecule has 0 bridgehead atoms. The van der Waals surface area contributed by atoms with Crippen molar-refractivity contribution in [2.24, 2.45) is 11.8 Å². The van der Waals surface area contributed by atoms with Gasteiger partial charge in [0.05, 0.1) is 23.2 Å². The zero-order valence-electron chi connectivity index (χ0n) is 17.1. The summed E-state index contributed by atoms with van der Waals surface area (Å²) < 4.78 is 5.42. The summed E-state index contributed by atoms with van der Waals surface area (Å²) >= 11 is 5.91. The highest BCUT2D eigenvalue weighted by Gasteiger charge is 2.85. The van der Waals surface area contributed by atoms with E-state index in [2.05, 4.69) is 0 Å². The van der Waals surface area contributed by atoms with Crippen LogP contribution in [0.5, 0.6) is 0 Å². The highest BCUT2D eigenvalue weighted by molar-refractivity contribution is 6.35. The van der Waals surface area contributed by atoms with Gasteiger partial charge in [0.25, 0.3) is 0 Å². The van der Waals surface area contributed by atoms with E-state index in [0.717, 1.165) is 9.80 Å². The van der Waals surface area contributed by atoms with E-state index in [-0.39, 0.29) is 0 Å². The molecule has 2 aromatic carbocycles. The minimum Gasteiger partial charge on any atom is -0.443 e. The molecule has 158 valence electrons. The van der Waals surface area contributed by atoms with Crippen LogP contribution >= 0.6 is 11.6 Å². The number of amides is 4. The van der Waals surface area contributed by atoms with Gasteiger partial charge < -0.3 is 4.74 Å². The predicted octanol–water partition coefficient (Wildman–Crippen LogP) is 3.68. The van der Waals surface area contributed by atoms with E-state index in [4.69, 9.17) is 16.3 Å². The highest BCUT2D eigenvalue weighted by Crippen LogP contribution is 2.69. The number of anilines is 2. The van der Waals surface area contributed by atoms with E-state index in [9.17, 15) is 19.2 Å². The number of halogens is 1. The van der Waals surface area contributed by atoms with E-state index in [0.29, 0.717) is 22.0 Å². The predicted molar refractivity (Wildman–Crippen MR) is 113 cm³/mol. The second-order valence-corrected chi connectivity index (χ2v) is 9.39. The molecule has 0 N–H and O–H groups in total. The number of carbonyl (C=O) groups is 4. The van der Waals surface area contributed by atoms with Crippen molar-refractivity contribution >= 4 is 46.8 Å². The number of fused-ring (bicyclic) bond motifs is 5. The average Bonchev–Trinajstić information content (AvgIpc) is 3.23. The summed E-state index contributed by atoms with van der Waals surface area (Å²) in [5.74, 6) is -3.19. The molecule has 4 amide bonds. The molecule has 31 heavy (non-hydrogen) atoms. The molecule has 7 nitrogen and oxygen atoms in total. The Labute approximate surface area is 183 Å². The summed E-state index contributed by atoms with van der Waals surface area (Å²) in [4.78, 5) is 55.0. The molecule has 1 spiro atoms. The maximum atomic E-state index is 13.6. The van der Waals surface area contributed by atoms with Crippen LogP contribution in [0.4, 0.5) is 16.2 Å². The van der Waals surface area contributed by atoms with E-state index < -0.39 is 46.7 Å². The van der Waals surface area contributed by atoms with Crippen molar-refractivity contribution in [3.63, 3.8) is 0 Å². The van der Waals surface area contributed by atoms with Gasteiger partial charge in [-0.2, -0.15) is 0 Å². The van der Waals surface area contributed by atoms with Crippen molar-refractivity contribution in [1.29, 1.82) is 0 Å². The van der Waals surface area contributed by atoms with Gasteiger partial charge in [0.15, 0.2) is 0 Å². The largest absolute Gasteiger partial charge is 0.443 e. The molecule has 8 heteroatoms. The molecule has 2 fully saturated rings. The van der Waals surface area contributed by atoms with E-state index in [1.165, 1.54) is 0 Å². The molecule has 3 aliphatic rings. The molecule has 0 aromatic heterocycles. The lowest BCUT2D eigenvalue weighted by Crippen LogP contribution is -2.46. The standard InChI is InChI=1S/C23H19ClN2O5/c1-22(2,3)31-21(30)26-15-7-5-4-6-14(15)23(20(26)29)16-17(23)19(28)25(18(16)27)13-10-8-12(24)9-11-13/h4-11,16-17H,1-3H3. The van der Waals surface area contributed by atoms with Gasteiger partial charge in [0.1, 0.15) is 11.0 Å². The number of piperidine rings is 1. The van der Waals surface area contributed by atoms with Crippen LogP contribution in [0.2, 0.25) is 5.02 Å². The van der Waals surface area contributed by atoms with Gasteiger partial charge in [-0.25, -0.2) is 14.6 Å². The number of para-hydroxylation sites is 1. The van der Waals surface area contributed by atoms with Crippen molar-refractivity contribution in [3.8, 4) is 0 Å². The minimum absolute atomic E-state index is 0.356. The average molecular weight is 439 g/mol. The molecule has 5 rings (SSSR count). The Morgan fingerprint density at radius 1 is 0.968 bits per heavy atom. The summed E-state index contributed by atoms with van der Waals surface area (Å²) in [6.45, 7) is 5.11. The number of ether oxygens (including phenoxy) is 1. The van der Waals surface area contributed by atoms with E-state index in [1.807, 2.05) is 0 Å². The van der Waals surface area contributed by atoms with E-state index >= 15 is 0 Å². The summed E-state index contributed by atoms with van der Waals surface area (Å²) in [6, 6.07) is 13.1. The van der Waals surface area contributed by atoms with Crippen LogP contribution in [0.3, 0.4) is 0 Å². The normalized spacial score (nSPS) is 26.4. The molecule has 1 saturated carbocycles. The number of imide groups is 2. The number of nitrogens with zero attached hydrogens (tertiary/aromatic N) is 2. The lowest BCUT2D eigenvalue weighted by molar-refractivity contribution is -0.129. The highest BCUT2D eigenvalue weighted by atomic mass is 35.5. The zero-order valence-corrected chi connectivity index (χ0v) is 17.8. The summed E-state index contributed by atoms with van der Waals surface area (Å²) in [5, 5.41) is 0.484. The quantitative estimate of drug-likeness (QED) is 0.634. The second kappa shape index (κ2) is 6.17. The van der Waals surface area contributed by atoms with Gasteiger partial charge in [0.2, 0.25) is 17.7 Å². The second-order valence-electron chi connectivity index (χ2n) is 8.95. The summed E-state index contributed by atoms with van der Waals surface area (Å²) in [6.07, 6.45) is -0.818. The van der Waals surface area contributed by atoms with Gasteiger partial charge in [-0.3, -0.25) is 14.4 Å². The van der Waals surface area contributed by atoms with Crippen molar-refractivity contribution in [3.05, 3.63) is 59.1 Å². The van der Waals surface area contributed by atoms with Crippen LogP contribution in [-0.4, -0.2) is 29.4 Å². The number of hydrogen-bond donors (Lipinski definition) is 0. The van der Waals surface area contributed by atoms with Crippen molar-refractivity contribution < 1.29 is 23.9 Å². The third-order valence-electron chi connectivity index (χ3n) is 5.99. The van der Waals surface area contributed by atoms with Crippen LogP contribution in [0.1, 0.15) is 26.3 Å². The van der Waals surface area contributed by atoms with Gasteiger partial charge in [0, 0.05) is 5.02 Å². The molecule has 2 heterocycles. The smallest absolute Gasteiger partial charge is 0.421 e. The first-order valence-corrected chi connectivity index (χ1v) is 10.3. The fraction of sp³-hybridized carbons (Fsp3) is 0.304. The van der Waals surface area contributed by atoms with Gasteiger partial charge in [-0.05, 0) is 56.7 Å². The molecule has 1 aliphatic carbocycles. The SMILES string of the molecule is CC(C)(C)OC(=O)N1C(=O)C2(c3ccccc31)C1C(=O)N(c3ccc(Cl)cc3)C(=O)C12. The molecular weight excluding hydrogens is 420 g/mol. The fourth-order valence-corrected chi connectivity index (χ4v) is 4.94. The van der Waals surface area contributed by atoms with Crippen molar-refractivity contribution in [2.45, 2.75) is 31.8 Å². The number of carbonyl (C=O) groups excluding carboxylic acids is 4. The van der Waals surface area contributed by atoms with Crippen LogP contribution in [0.25, 0.3) is 0 Å². The number of rotatable bonds is 1. The lowest BCUT2D eigenvalue weighted by atomic mass is 9.91. The Morgan fingerprint density at radius 2 is 1.55 bits per heavy atom. The van der Waals surface area contributed by atoms with Gasteiger partial charge >= 0.3 is 6.09 Å². The first-order chi connectivity index (χ1) is 14.6. The Hall–Kier alpha value is -3.19. The molecule has 2 atom stereocenters. The Balaban J connectivity index is 1.54. The monoisotopic (exact) mass is 438 g/mol. The third-order valence-corrected chi connectivity index (χ3v) is 6.24. The Bertz CT molecular complexity index is 1150. The maximum absolute atomic E-state index is 13.6. The molecule has 1 saturated heterocycles. The van der Waals surface area contributed by atoms with Gasteiger partial charge in [-0.1, -0.05) is 29.8 Å². The summed E-state index contributed by atoms with van der Waals surface area (Å²) in [5.41, 5.74) is -0.888. The fourth-order valence-electron chi connectivity index (χ4n) is 4.81. The molecule has 0 radical (unpaired) electrons. The van der Waals surface area contributed by atoms with Crippen molar-refractivity contribution in [2.75, 3.05) is 9.80 Å². The van der Waals surface area contributed by atoms with Gasteiger partial charge in [-0.15, -0.1) is 0 Å². The van der Waals surface area contributed by atoms with Crippen LogP contribution in [0, 0.1) is 11.8 Å². The van der Waals surface area contributed by atoms with Crippen molar-refractivity contribution in [1.82, 2.24) is 0 Å². The number of benzene rings is 2. The lowest BCUT2D eigenvalue weighted by Gasteiger charge is -2.25. The Morgan fingerprint density at radius 3 is 2.13 bits per heavy atom. The third kappa shape index (κ3) is 2.53. The molecule has 2 aromatic rings. The zero-order chi connectivity index (χ0) is 22.3. The molecular formula is C23H19ClN2O5. The van der Waals surface area contributed by atoms with Crippen LogP contribution in [-0.2, 0) is 24.5 Å². The molecule has 2 aliphatic heterocycles. The first-order valence-electron chi connectivity index (χ1n) is 9.89. The minimum atomic E-state index is -1.36. The van der Waals surface area contributed by atoms with Crippen LogP contribution < -0.4 is 9.80 Å². The number of hydrogen-bond acceptors (Lipinski definition) is 5. The topological polar surface area (TPSA) is 84.0 Å². The Kier molecular flexibility index (Phi) is 3.93. The molecule has 2 unspecified atom stereocenters. The van der Waals surface area contributed by atoms with Crippen LogP contribution in [0.15, 0.2) is 48.5 Å². The summed E-state index contributed by atoms with van der Waals surface area (Å²) in [7, 11) is 0. The maximum Gasteiger partial charge on any atom is 0.421 e.